The molecule has 1 heterocycles. The molecule has 1 fully saturated rings. The van der Waals surface area contributed by atoms with Crippen molar-refractivity contribution in [1.29, 1.82) is 5.26 Å². The van der Waals surface area contributed by atoms with E-state index in [9.17, 15) is 0 Å². The zero-order valence-corrected chi connectivity index (χ0v) is 11.6. The summed E-state index contributed by atoms with van der Waals surface area (Å²) >= 11 is 0. The van der Waals surface area contributed by atoms with E-state index in [1.54, 1.807) is 0 Å². The lowest BCUT2D eigenvalue weighted by atomic mass is 9.99. The summed E-state index contributed by atoms with van der Waals surface area (Å²) < 4.78 is 11.3. The van der Waals surface area contributed by atoms with Gasteiger partial charge in [-0.1, -0.05) is 6.07 Å². The second-order valence-electron chi connectivity index (χ2n) is 5.47. The van der Waals surface area contributed by atoms with Gasteiger partial charge in [0.2, 0.25) is 0 Å². The summed E-state index contributed by atoms with van der Waals surface area (Å²) in [4.78, 5) is 0. The Hall–Kier alpha value is -1.53. The Kier molecular flexibility index (Phi) is 3.08. The molecule has 0 aromatic heterocycles. The van der Waals surface area contributed by atoms with Gasteiger partial charge in [-0.15, -0.1) is 0 Å². The zero-order valence-electron chi connectivity index (χ0n) is 11.6. The van der Waals surface area contributed by atoms with Gasteiger partial charge in [0.05, 0.1) is 17.2 Å². The maximum atomic E-state index is 9.16. The fraction of sp³-hybridized carbons (Fsp3) is 0.533. The van der Waals surface area contributed by atoms with Crippen LogP contribution in [0.15, 0.2) is 6.07 Å². The third-order valence-electron chi connectivity index (χ3n) is 3.56. The molecule has 0 aliphatic carbocycles. The van der Waals surface area contributed by atoms with Crippen LogP contribution < -0.4 is 4.74 Å². The van der Waals surface area contributed by atoms with Crippen molar-refractivity contribution in [2.24, 2.45) is 0 Å². The maximum absolute atomic E-state index is 9.16. The van der Waals surface area contributed by atoms with Crippen molar-refractivity contribution in [2.75, 3.05) is 6.61 Å². The number of benzene rings is 1. The molecule has 3 heteroatoms. The van der Waals surface area contributed by atoms with Crippen LogP contribution in [0, 0.1) is 32.1 Å². The molecule has 0 N–H and O–H groups in total. The molecule has 3 nitrogen and oxygen atoms in total. The summed E-state index contributed by atoms with van der Waals surface area (Å²) in [6.45, 7) is 10.5. The first-order valence-electron chi connectivity index (χ1n) is 6.18. The van der Waals surface area contributed by atoms with Crippen LogP contribution in [0.1, 0.15) is 36.1 Å². The van der Waals surface area contributed by atoms with Gasteiger partial charge in [0, 0.05) is 5.56 Å². The van der Waals surface area contributed by atoms with Crippen molar-refractivity contribution in [3.05, 3.63) is 28.3 Å². The van der Waals surface area contributed by atoms with Crippen molar-refractivity contribution < 1.29 is 9.47 Å². The highest BCUT2D eigenvalue weighted by Gasteiger charge is 2.48. The fourth-order valence-corrected chi connectivity index (χ4v) is 2.29. The van der Waals surface area contributed by atoms with E-state index in [-0.39, 0.29) is 11.7 Å². The smallest absolute Gasteiger partial charge is 0.126 e. The number of hydrogen-bond donors (Lipinski definition) is 0. The Morgan fingerprint density at radius 1 is 1.33 bits per heavy atom. The van der Waals surface area contributed by atoms with Gasteiger partial charge < -0.3 is 9.47 Å². The highest BCUT2D eigenvalue weighted by atomic mass is 16.6. The van der Waals surface area contributed by atoms with Gasteiger partial charge in [0.15, 0.2) is 0 Å². The molecule has 1 aliphatic heterocycles. The van der Waals surface area contributed by atoms with Crippen LogP contribution in [0.5, 0.6) is 5.75 Å². The molecule has 1 aromatic rings. The van der Waals surface area contributed by atoms with Gasteiger partial charge in [-0.25, -0.2) is 0 Å². The second-order valence-corrected chi connectivity index (χ2v) is 5.47. The van der Waals surface area contributed by atoms with E-state index in [0.717, 1.165) is 22.4 Å². The normalized spacial score (nSPS) is 20.3. The summed E-state index contributed by atoms with van der Waals surface area (Å²) in [5, 5.41) is 9.16. The first kappa shape index (κ1) is 12.9. The molecule has 1 aromatic carbocycles. The number of epoxide rings is 1. The van der Waals surface area contributed by atoms with Gasteiger partial charge >= 0.3 is 0 Å². The van der Waals surface area contributed by atoms with Crippen molar-refractivity contribution in [1.82, 2.24) is 0 Å². The predicted octanol–water partition coefficient (Wildman–Crippen LogP) is 3.04. The van der Waals surface area contributed by atoms with Crippen molar-refractivity contribution >= 4 is 0 Å². The van der Waals surface area contributed by atoms with Crippen LogP contribution in [-0.2, 0) is 4.74 Å². The van der Waals surface area contributed by atoms with Crippen molar-refractivity contribution in [2.45, 2.75) is 46.3 Å². The largest absolute Gasteiger partial charge is 0.490 e. The van der Waals surface area contributed by atoms with E-state index in [1.807, 2.05) is 26.8 Å². The molecule has 1 aliphatic rings. The van der Waals surface area contributed by atoms with Crippen LogP contribution in [0.2, 0.25) is 0 Å². The van der Waals surface area contributed by atoms with Crippen molar-refractivity contribution in [3.63, 3.8) is 0 Å². The summed E-state index contributed by atoms with van der Waals surface area (Å²) in [6, 6.07) is 4.24. The van der Waals surface area contributed by atoms with E-state index in [1.165, 1.54) is 0 Å². The lowest BCUT2D eigenvalue weighted by Crippen LogP contribution is -2.13. The topological polar surface area (TPSA) is 45.5 Å². The summed E-state index contributed by atoms with van der Waals surface area (Å²) in [6.07, 6.45) is 0.156. The van der Waals surface area contributed by atoms with Gasteiger partial charge in [-0.3, -0.25) is 0 Å². The zero-order chi connectivity index (χ0) is 13.5. The molecule has 0 saturated carbocycles. The number of rotatable bonds is 3. The van der Waals surface area contributed by atoms with Gasteiger partial charge in [-0.2, -0.15) is 5.26 Å². The quantitative estimate of drug-likeness (QED) is 0.769. The standard InChI is InChI=1S/C15H19NO2/c1-9-6-10(2)14(11(3)12(9)7-16)17-8-13-15(4,5)18-13/h6,13H,8H2,1-5H3. The van der Waals surface area contributed by atoms with Crippen LogP contribution >= 0.6 is 0 Å². The minimum Gasteiger partial charge on any atom is -0.490 e. The monoisotopic (exact) mass is 245 g/mol. The maximum Gasteiger partial charge on any atom is 0.126 e. The number of aryl methyl sites for hydroxylation is 2. The van der Waals surface area contributed by atoms with E-state index < -0.39 is 0 Å². The van der Waals surface area contributed by atoms with E-state index >= 15 is 0 Å². The van der Waals surface area contributed by atoms with Crippen molar-refractivity contribution in [3.8, 4) is 11.8 Å². The molecule has 0 radical (unpaired) electrons. The van der Waals surface area contributed by atoms with Gasteiger partial charge in [-0.05, 0) is 45.7 Å². The summed E-state index contributed by atoms with van der Waals surface area (Å²) in [7, 11) is 0. The third-order valence-corrected chi connectivity index (χ3v) is 3.56. The first-order chi connectivity index (χ1) is 8.36. The third kappa shape index (κ3) is 2.21. The van der Waals surface area contributed by atoms with E-state index in [4.69, 9.17) is 14.7 Å². The molecule has 1 saturated heterocycles. The first-order valence-corrected chi connectivity index (χ1v) is 6.18. The molecule has 18 heavy (non-hydrogen) atoms. The Morgan fingerprint density at radius 3 is 2.44 bits per heavy atom. The number of hydrogen-bond acceptors (Lipinski definition) is 3. The lowest BCUT2D eigenvalue weighted by molar-refractivity contribution is 0.252. The summed E-state index contributed by atoms with van der Waals surface area (Å²) in [5.41, 5.74) is 3.65. The number of ether oxygens (including phenoxy) is 2. The molecular formula is C15H19NO2. The van der Waals surface area contributed by atoms with Crippen LogP contribution in [0.25, 0.3) is 0 Å². The molecule has 1 atom stereocenters. The Morgan fingerprint density at radius 2 is 1.94 bits per heavy atom. The molecule has 0 spiro atoms. The molecular weight excluding hydrogens is 226 g/mol. The molecule has 96 valence electrons. The number of nitrogens with zero attached hydrogens (tertiary/aromatic N) is 1. The second kappa shape index (κ2) is 4.29. The van der Waals surface area contributed by atoms with Gasteiger partial charge in [0.25, 0.3) is 0 Å². The highest BCUT2D eigenvalue weighted by molar-refractivity contribution is 5.54. The Balaban J connectivity index is 2.20. The van der Waals surface area contributed by atoms with Crippen LogP contribution in [0.3, 0.4) is 0 Å². The fourth-order valence-electron chi connectivity index (χ4n) is 2.29. The Labute approximate surface area is 108 Å². The minimum atomic E-state index is -0.0649. The highest BCUT2D eigenvalue weighted by Crippen LogP contribution is 2.36. The van der Waals surface area contributed by atoms with Gasteiger partial charge in [0.1, 0.15) is 18.5 Å². The molecule has 2 rings (SSSR count). The predicted molar refractivity (Wildman–Crippen MR) is 69.8 cm³/mol. The minimum absolute atomic E-state index is 0.0649. The SMILES string of the molecule is Cc1cc(C)c(OCC2OC2(C)C)c(C)c1C#N. The van der Waals surface area contributed by atoms with E-state index in [0.29, 0.717) is 12.2 Å². The average Bonchev–Trinajstić information content (AvgIpc) is 2.86. The Bertz CT molecular complexity index is 526. The molecule has 1 unspecified atom stereocenters. The molecule has 0 amide bonds. The van der Waals surface area contributed by atoms with Crippen LogP contribution in [0.4, 0.5) is 0 Å². The average molecular weight is 245 g/mol. The number of nitriles is 1. The van der Waals surface area contributed by atoms with Crippen LogP contribution in [-0.4, -0.2) is 18.3 Å². The lowest BCUT2D eigenvalue weighted by Gasteiger charge is -2.14. The molecule has 0 bridgehead atoms. The van der Waals surface area contributed by atoms with E-state index in [2.05, 4.69) is 19.9 Å². The summed E-state index contributed by atoms with van der Waals surface area (Å²) in [5.74, 6) is 0.823.